The molecule has 1 aromatic carbocycles. The number of benzene rings is 1. The molecule has 134 valence electrons. The fourth-order valence-corrected chi connectivity index (χ4v) is 4.89. The third-order valence-electron chi connectivity index (χ3n) is 3.60. The lowest BCUT2D eigenvalue weighted by molar-refractivity contribution is -0.140. The molecule has 24 heavy (non-hydrogen) atoms. The Morgan fingerprint density at radius 1 is 1.33 bits per heavy atom. The van der Waals surface area contributed by atoms with Crippen LogP contribution in [0.5, 0.6) is 5.75 Å². The molecule has 0 spiro atoms. The quantitative estimate of drug-likeness (QED) is 0.709. The summed E-state index contributed by atoms with van der Waals surface area (Å²) in [5, 5.41) is 9.24. The van der Waals surface area contributed by atoms with Crippen LogP contribution in [0.3, 0.4) is 0 Å². The van der Waals surface area contributed by atoms with Crippen LogP contribution in [0.4, 0.5) is 0 Å². The highest BCUT2D eigenvalue weighted by atomic mass is 35.5. The number of hydrogen-bond acceptors (Lipinski definition) is 5. The Balaban J connectivity index is 2.33. The molecule has 1 N–H and O–H groups in total. The van der Waals surface area contributed by atoms with Crippen LogP contribution in [0.1, 0.15) is 12.8 Å². The number of halogens is 2. The molecule has 1 heterocycles. The maximum absolute atomic E-state index is 12.7. The number of carboxylic acids is 1. The Morgan fingerprint density at radius 3 is 2.50 bits per heavy atom. The zero-order valence-corrected chi connectivity index (χ0v) is 15.2. The van der Waals surface area contributed by atoms with Crippen molar-refractivity contribution >= 4 is 39.2 Å². The van der Waals surface area contributed by atoms with Crippen molar-refractivity contribution in [2.24, 2.45) is 0 Å². The van der Waals surface area contributed by atoms with E-state index in [9.17, 15) is 18.3 Å². The zero-order chi connectivity index (χ0) is 17.9. The number of carboxylic acid groups (broad SMARTS) is 1. The van der Waals surface area contributed by atoms with E-state index >= 15 is 0 Å². The van der Waals surface area contributed by atoms with E-state index in [1.54, 1.807) is 0 Å². The summed E-state index contributed by atoms with van der Waals surface area (Å²) in [6.07, 6.45) is 0.754. The minimum Gasteiger partial charge on any atom is -0.488 e. The van der Waals surface area contributed by atoms with Crippen molar-refractivity contribution in [1.29, 1.82) is 0 Å². The molecule has 0 aromatic heterocycles. The Bertz CT molecular complexity index is 701. The molecular formula is C14H17Cl2NO6S. The van der Waals surface area contributed by atoms with Crippen molar-refractivity contribution in [3.8, 4) is 5.75 Å². The highest BCUT2D eigenvalue weighted by Crippen LogP contribution is 2.37. The first-order valence-corrected chi connectivity index (χ1v) is 9.34. The van der Waals surface area contributed by atoms with Crippen molar-refractivity contribution in [2.75, 3.05) is 26.9 Å². The largest absolute Gasteiger partial charge is 0.488 e. The third kappa shape index (κ3) is 3.94. The molecular weight excluding hydrogens is 381 g/mol. The van der Waals surface area contributed by atoms with Crippen LogP contribution in [0.2, 0.25) is 10.0 Å². The van der Waals surface area contributed by atoms with E-state index < -0.39 is 22.0 Å². The summed E-state index contributed by atoms with van der Waals surface area (Å²) in [7, 11) is -2.51. The number of aliphatic carboxylic acids is 1. The van der Waals surface area contributed by atoms with Crippen molar-refractivity contribution in [2.45, 2.75) is 23.8 Å². The summed E-state index contributed by atoms with van der Waals surface area (Å²) in [5.74, 6) is -1.02. The minimum absolute atomic E-state index is 0.0308. The second kappa shape index (κ2) is 7.88. The molecule has 1 fully saturated rings. The van der Waals surface area contributed by atoms with E-state index in [1.165, 1.54) is 19.2 Å². The molecule has 1 atom stereocenters. The molecule has 0 aliphatic carbocycles. The molecule has 1 aliphatic rings. The van der Waals surface area contributed by atoms with Gasteiger partial charge in [-0.2, -0.15) is 4.31 Å². The summed E-state index contributed by atoms with van der Waals surface area (Å²) in [6.45, 7) is 0.663. The lowest BCUT2D eigenvalue weighted by atomic mass is 10.2. The Labute approximate surface area is 150 Å². The Morgan fingerprint density at radius 2 is 1.96 bits per heavy atom. The molecule has 0 radical (unpaired) electrons. The fraction of sp³-hybridized carbons (Fsp3) is 0.500. The third-order valence-corrected chi connectivity index (χ3v) is 6.05. The smallest absolute Gasteiger partial charge is 0.322 e. The highest BCUT2D eigenvalue weighted by Gasteiger charge is 2.39. The molecule has 1 aromatic rings. The van der Waals surface area contributed by atoms with Crippen LogP contribution in [0.25, 0.3) is 0 Å². The Hall–Kier alpha value is -1.06. The van der Waals surface area contributed by atoms with Crippen LogP contribution in [-0.2, 0) is 19.6 Å². The summed E-state index contributed by atoms with van der Waals surface area (Å²) in [5.41, 5.74) is 0. The second-order valence-electron chi connectivity index (χ2n) is 5.17. The number of carbonyl (C=O) groups is 1. The molecule has 7 nitrogen and oxygen atoms in total. The van der Waals surface area contributed by atoms with Gasteiger partial charge in [0.1, 0.15) is 12.6 Å². The summed E-state index contributed by atoms with van der Waals surface area (Å²) < 4.78 is 36.6. The topological polar surface area (TPSA) is 93.1 Å². The summed E-state index contributed by atoms with van der Waals surface area (Å²) >= 11 is 12.2. The molecule has 0 amide bonds. The maximum Gasteiger partial charge on any atom is 0.322 e. The number of sulfonamides is 1. The van der Waals surface area contributed by atoms with Gasteiger partial charge in [0.25, 0.3) is 0 Å². The van der Waals surface area contributed by atoms with Crippen molar-refractivity contribution < 1.29 is 27.8 Å². The predicted molar refractivity (Wildman–Crippen MR) is 88.4 cm³/mol. The summed E-state index contributed by atoms with van der Waals surface area (Å²) in [4.78, 5) is 11.1. The van der Waals surface area contributed by atoms with Gasteiger partial charge in [-0.3, -0.25) is 4.79 Å². The molecule has 1 saturated heterocycles. The first-order chi connectivity index (χ1) is 11.3. The first kappa shape index (κ1) is 19.3. The van der Waals surface area contributed by atoms with E-state index in [2.05, 4.69) is 0 Å². The lowest BCUT2D eigenvalue weighted by Crippen LogP contribution is -2.40. The molecule has 2 rings (SSSR count). The zero-order valence-electron chi connectivity index (χ0n) is 12.9. The van der Waals surface area contributed by atoms with E-state index in [4.69, 9.17) is 32.7 Å². The molecule has 0 unspecified atom stereocenters. The van der Waals surface area contributed by atoms with Gasteiger partial charge in [0.2, 0.25) is 10.0 Å². The molecule has 1 aliphatic heterocycles. The van der Waals surface area contributed by atoms with Crippen LogP contribution in [-0.4, -0.2) is 56.7 Å². The van der Waals surface area contributed by atoms with E-state index in [0.717, 1.165) is 4.31 Å². The fourth-order valence-electron chi connectivity index (χ4n) is 2.46. The van der Waals surface area contributed by atoms with Crippen molar-refractivity contribution in [1.82, 2.24) is 4.31 Å². The van der Waals surface area contributed by atoms with Crippen LogP contribution in [0.15, 0.2) is 17.0 Å². The molecule has 0 saturated carbocycles. The highest BCUT2D eigenvalue weighted by molar-refractivity contribution is 7.89. The first-order valence-electron chi connectivity index (χ1n) is 7.14. The van der Waals surface area contributed by atoms with Crippen LogP contribution in [0, 0.1) is 0 Å². The maximum atomic E-state index is 12.7. The lowest BCUT2D eigenvalue weighted by Gasteiger charge is -2.21. The number of methoxy groups -OCH3 is 1. The van der Waals surface area contributed by atoms with Gasteiger partial charge in [-0.1, -0.05) is 23.2 Å². The van der Waals surface area contributed by atoms with Gasteiger partial charge in [0.15, 0.2) is 5.75 Å². The van der Waals surface area contributed by atoms with Gasteiger partial charge in [-0.15, -0.1) is 0 Å². The Kier molecular flexibility index (Phi) is 6.33. The number of ether oxygens (including phenoxy) is 2. The van der Waals surface area contributed by atoms with Gasteiger partial charge in [0.05, 0.1) is 21.5 Å². The summed E-state index contributed by atoms with van der Waals surface area (Å²) in [6, 6.07) is 1.34. The standard InChI is InChI=1S/C14H17Cl2NO6S/c1-22-5-6-23-13-10(15)7-9(8-11(13)16)24(20,21)17-4-2-3-12(17)14(18)19/h7-8,12H,2-6H2,1H3,(H,18,19)/t12-/m0/s1. The number of rotatable bonds is 7. The molecule has 0 bridgehead atoms. The van der Waals surface area contributed by atoms with Gasteiger partial charge in [0, 0.05) is 13.7 Å². The van der Waals surface area contributed by atoms with Gasteiger partial charge >= 0.3 is 5.97 Å². The van der Waals surface area contributed by atoms with Gasteiger partial charge < -0.3 is 14.6 Å². The van der Waals surface area contributed by atoms with Crippen LogP contribution >= 0.6 is 23.2 Å². The minimum atomic E-state index is -4.02. The monoisotopic (exact) mass is 397 g/mol. The van der Waals surface area contributed by atoms with Gasteiger partial charge in [-0.25, -0.2) is 8.42 Å². The SMILES string of the molecule is COCCOc1c(Cl)cc(S(=O)(=O)N2CCC[C@H]2C(=O)O)cc1Cl. The van der Waals surface area contributed by atoms with Gasteiger partial charge in [-0.05, 0) is 25.0 Å². The van der Waals surface area contributed by atoms with E-state index in [1.807, 2.05) is 0 Å². The van der Waals surface area contributed by atoms with Crippen molar-refractivity contribution in [3.63, 3.8) is 0 Å². The average Bonchev–Trinajstić information content (AvgIpc) is 3.00. The number of nitrogens with zero attached hydrogens (tertiary/aromatic N) is 1. The van der Waals surface area contributed by atoms with Crippen LogP contribution < -0.4 is 4.74 Å². The second-order valence-corrected chi connectivity index (χ2v) is 7.87. The number of hydrogen-bond donors (Lipinski definition) is 1. The van der Waals surface area contributed by atoms with E-state index in [-0.39, 0.29) is 40.3 Å². The normalized spacial score (nSPS) is 18.7. The van der Waals surface area contributed by atoms with Crippen molar-refractivity contribution in [3.05, 3.63) is 22.2 Å². The average molecular weight is 398 g/mol. The van der Waals surface area contributed by atoms with E-state index in [0.29, 0.717) is 13.0 Å². The predicted octanol–water partition coefficient (Wildman–Crippen LogP) is 2.26. The molecule has 10 heteroatoms.